The third kappa shape index (κ3) is 1.63. The molecular weight excluding hydrogens is 192 g/mol. The first kappa shape index (κ1) is 8.91. The van der Waals surface area contributed by atoms with Crippen molar-refractivity contribution in [3.8, 4) is 0 Å². The van der Waals surface area contributed by atoms with Gasteiger partial charge in [0.1, 0.15) is 5.82 Å². The average molecular weight is 206 g/mol. The molecule has 0 aliphatic carbocycles. The van der Waals surface area contributed by atoms with Gasteiger partial charge in [-0.3, -0.25) is 0 Å². The summed E-state index contributed by atoms with van der Waals surface area (Å²) in [5.74, 6) is 1.83. The maximum atomic E-state index is 5.30. The SMILES string of the molecule is c1nc(N2CCOCC2)nc2c1CCN2. The van der Waals surface area contributed by atoms with E-state index in [0.717, 1.165) is 51.0 Å². The number of anilines is 2. The van der Waals surface area contributed by atoms with Crippen LogP contribution in [0.5, 0.6) is 0 Å². The second-order valence-corrected chi connectivity index (χ2v) is 3.82. The van der Waals surface area contributed by atoms with Crippen LogP contribution in [0.25, 0.3) is 0 Å². The Morgan fingerprint density at radius 2 is 2.20 bits per heavy atom. The highest BCUT2D eigenvalue weighted by Crippen LogP contribution is 2.21. The Hall–Kier alpha value is -1.36. The standard InChI is InChI=1S/C10H14N4O/c1-2-11-9-8(1)7-12-10(13-9)14-3-5-15-6-4-14/h7H,1-6H2,(H,11,12,13). The summed E-state index contributed by atoms with van der Waals surface area (Å²) >= 11 is 0. The number of rotatable bonds is 1. The van der Waals surface area contributed by atoms with Gasteiger partial charge in [-0.05, 0) is 6.42 Å². The van der Waals surface area contributed by atoms with Crippen LogP contribution in [-0.2, 0) is 11.2 Å². The quantitative estimate of drug-likeness (QED) is 0.715. The van der Waals surface area contributed by atoms with E-state index in [1.165, 1.54) is 5.56 Å². The van der Waals surface area contributed by atoms with Gasteiger partial charge in [-0.2, -0.15) is 4.98 Å². The van der Waals surface area contributed by atoms with Crippen LogP contribution in [0, 0.1) is 0 Å². The maximum absolute atomic E-state index is 5.30. The van der Waals surface area contributed by atoms with E-state index in [2.05, 4.69) is 20.2 Å². The molecule has 1 aromatic rings. The lowest BCUT2D eigenvalue weighted by molar-refractivity contribution is 0.122. The first-order valence-electron chi connectivity index (χ1n) is 5.36. The van der Waals surface area contributed by atoms with Crippen molar-refractivity contribution in [1.82, 2.24) is 9.97 Å². The molecule has 0 aromatic carbocycles. The lowest BCUT2D eigenvalue weighted by Gasteiger charge is -2.26. The van der Waals surface area contributed by atoms with Crippen LogP contribution in [0.2, 0.25) is 0 Å². The lowest BCUT2D eigenvalue weighted by atomic mass is 10.3. The summed E-state index contributed by atoms with van der Waals surface area (Å²) in [4.78, 5) is 11.1. The Morgan fingerprint density at radius 1 is 1.33 bits per heavy atom. The fourth-order valence-corrected chi connectivity index (χ4v) is 1.96. The fraction of sp³-hybridized carbons (Fsp3) is 0.600. The molecule has 80 valence electrons. The fourth-order valence-electron chi connectivity index (χ4n) is 1.96. The van der Waals surface area contributed by atoms with E-state index in [1.807, 2.05) is 6.20 Å². The van der Waals surface area contributed by atoms with E-state index >= 15 is 0 Å². The minimum atomic E-state index is 0.772. The topological polar surface area (TPSA) is 50.3 Å². The van der Waals surface area contributed by atoms with Gasteiger partial charge in [0, 0.05) is 31.4 Å². The summed E-state index contributed by atoms with van der Waals surface area (Å²) in [6.07, 6.45) is 2.98. The molecule has 1 saturated heterocycles. The van der Waals surface area contributed by atoms with Gasteiger partial charge >= 0.3 is 0 Å². The normalized spacial score (nSPS) is 19.9. The Labute approximate surface area is 88.5 Å². The molecule has 0 spiro atoms. The van der Waals surface area contributed by atoms with Crippen molar-refractivity contribution in [2.24, 2.45) is 0 Å². The van der Waals surface area contributed by atoms with Crippen LogP contribution in [0.4, 0.5) is 11.8 Å². The highest BCUT2D eigenvalue weighted by molar-refractivity contribution is 5.51. The van der Waals surface area contributed by atoms with Gasteiger partial charge in [0.05, 0.1) is 13.2 Å². The molecule has 0 atom stereocenters. The molecule has 3 heterocycles. The Morgan fingerprint density at radius 3 is 3.07 bits per heavy atom. The Balaban J connectivity index is 1.85. The van der Waals surface area contributed by atoms with Gasteiger partial charge < -0.3 is 15.0 Å². The Kier molecular flexibility index (Phi) is 2.17. The predicted molar refractivity (Wildman–Crippen MR) is 57.3 cm³/mol. The number of ether oxygens (including phenoxy) is 1. The van der Waals surface area contributed by atoms with E-state index in [1.54, 1.807) is 0 Å². The van der Waals surface area contributed by atoms with Gasteiger partial charge in [-0.15, -0.1) is 0 Å². The van der Waals surface area contributed by atoms with Crippen molar-refractivity contribution in [3.05, 3.63) is 11.8 Å². The van der Waals surface area contributed by atoms with Crippen LogP contribution in [0.1, 0.15) is 5.56 Å². The van der Waals surface area contributed by atoms with E-state index in [-0.39, 0.29) is 0 Å². The summed E-state index contributed by atoms with van der Waals surface area (Å²) in [7, 11) is 0. The molecule has 1 fully saturated rings. The van der Waals surface area contributed by atoms with E-state index in [9.17, 15) is 0 Å². The van der Waals surface area contributed by atoms with Crippen molar-refractivity contribution in [3.63, 3.8) is 0 Å². The third-order valence-electron chi connectivity index (χ3n) is 2.83. The number of hydrogen-bond donors (Lipinski definition) is 1. The van der Waals surface area contributed by atoms with Crippen molar-refractivity contribution in [2.45, 2.75) is 6.42 Å². The molecule has 5 nitrogen and oxygen atoms in total. The van der Waals surface area contributed by atoms with Crippen LogP contribution < -0.4 is 10.2 Å². The highest BCUT2D eigenvalue weighted by Gasteiger charge is 2.17. The monoisotopic (exact) mass is 206 g/mol. The smallest absolute Gasteiger partial charge is 0.227 e. The molecule has 1 aromatic heterocycles. The summed E-state index contributed by atoms with van der Waals surface area (Å²) in [6, 6.07) is 0. The molecule has 5 heteroatoms. The summed E-state index contributed by atoms with van der Waals surface area (Å²) in [5.41, 5.74) is 1.23. The number of aromatic nitrogens is 2. The first-order chi connectivity index (χ1) is 7.43. The molecule has 0 amide bonds. The van der Waals surface area contributed by atoms with Crippen LogP contribution in [0.3, 0.4) is 0 Å². The molecule has 2 aliphatic rings. The molecule has 2 aliphatic heterocycles. The first-order valence-corrected chi connectivity index (χ1v) is 5.36. The number of nitrogens with one attached hydrogen (secondary N) is 1. The van der Waals surface area contributed by atoms with E-state index in [0.29, 0.717) is 0 Å². The Bertz CT molecular complexity index is 362. The van der Waals surface area contributed by atoms with E-state index < -0.39 is 0 Å². The van der Waals surface area contributed by atoms with Gasteiger partial charge in [0.2, 0.25) is 5.95 Å². The molecule has 0 saturated carbocycles. The van der Waals surface area contributed by atoms with E-state index in [4.69, 9.17) is 4.74 Å². The molecule has 0 radical (unpaired) electrons. The van der Waals surface area contributed by atoms with Crippen LogP contribution in [0.15, 0.2) is 6.20 Å². The van der Waals surface area contributed by atoms with Crippen LogP contribution >= 0.6 is 0 Å². The lowest BCUT2D eigenvalue weighted by Crippen LogP contribution is -2.37. The second-order valence-electron chi connectivity index (χ2n) is 3.82. The van der Waals surface area contributed by atoms with Gasteiger partial charge in [-0.1, -0.05) is 0 Å². The summed E-state index contributed by atoms with van der Waals surface area (Å²) < 4.78 is 5.30. The van der Waals surface area contributed by atoms with Crippen molar-refractivity contribution < 1.29 is 4.74 Å². The van der Waals surface area contributed by atoms with Crippen molar-refractivity contribution in [1.29, 1.82) is 0 Å². The van der Waals surface area contributed by atoms with Gasteiger partial charge in [0.25, 0.3) is 0 Å². The largest absolute Gasteiger partial charge is 0.378 e. The average Bonchev–Trinajstić information content (AvgIpc) is 2.77. The molecule has 3 rings (SSSR count). The van der Waals surface area contributed by atoms with Gasteiger partial charge in [-0.25, -0.2) is 4.98 Å². The van der Waals surface area contributed by atoms with Gasteiger partial charge in [0.15, 0.2) is 0 Å². The molecule has 15 heavy (non-hydrogen) atoms. The number of morpholine rings is 1. The summed E-state index contributed by atoms with van der Waals surface area (Å²) in [5, 5.41) is 3.27. The number of hydrogen-bond acceptors (Lipinski definition) is 5. The number of nitrogens with zero attached hydrogens (tertiary/aromatic N) is 3. The minimum Gasteiger partial charge on any atom is -0.378 e. The summed E-state index contributed by atoms with van der Waals surface area (Å²) in [6.45, 7) is 4.30. The molecular formula is C10H14N4O. The number of fused-ring (bicyclic) bond motifs is 1. The minimum absolute atomic E-state index is 0.772. The van der Waals surface area contributed by atoms with Crippen LogP contribution in [-0.4, -0.2) is 42.8 Å². The zero-order valence-electron chi connectivity index (χ0n) is 8.57. The van der Waals surface area contributed by atoms with Crippen molar-refractivity contribution in [2.75, 3.05) is 43.1 Å². The zero-order valence-corrected chi connectivity index (χ0v) is 8.57. The second kappa shape index (κ2) is 3.66. The highest BCUT2D eigenvalue weighted by atomic mass is 16.5. The third-order valence-corrected chi connectivity index (χ3v) is 2.83. The molecule has 1 N–H and O–H groups in total. The maximum Gasteiger partial charge on any atom is 0.227 e. The predicted octanol–water partition coefficient (Wildman–Crippen LogP) is 0.281. The molecule has 0 unspecified atom stereocenters. The van der Waals surface area contributed by atoms with Crippen molar-refractivity contribution >= 4 is 11.8 Å². The zero-order chi connectivity index (χ0) is 10.1. The molecule has 0 bridgehead atoms.